The van der Waals surface area contributed by atoms with Crippen molar-refractivity contribution in [3.63, 3.8) is 0 Å². The Labute approximate surface area is 192 Å². The molecule has 1 N–H and O–H groups in total. The Balaban J connectivity index is 1.67. The first-order valence-electron chi connectivity index (χ1n) is 10.4. The number of pyridine rings is 1. The molecule has 0 bridgehead atoms. The van der Waals surface area contributed by atoms with E-state index in [1.807, 2.05) is 86.9 Å². The van der Waals surface area contributed by atoms with Gasteiger partial charge >= 0.3 is 0 Å². The second kappa shape index (κ2) is 9.36. The number of aromatic nitrogens is 4. The number of carbonyl (C=O) groups is 1. The number of nitrogens with zero attached hydrogens (tertiary/aromatic N) is 4. The van der Waals surface area contributed by atoms with Crippen LogP contribution < -0.4 is 5.32 Å². The van der Waals surface area contributed by atoms with Gasteiger partial charge in [0.1, 0.15) is 0 Å². The number of hydrogen-bond donors (Lipinski definition) is 1. The number of para-hydroxylation sites is 2. The maximum atomic E-state index is 13.0. The highest BCUT2D eigenvalue weighted by Gasteiger charge is 2.23. The van der Waals surface area contributed by atoms with Gasteiger partial charge in [-0.25, -0.2) is 0 Å². The van der Waals surface area contributed by atoms with Crippen molar-refractivity contribution in [2.75, 3.05) is 5.32 Å². The highest BCUT2D eigenvalue weighted by molar-refractivity contribution is 8.00. The highest BCUT2D eigenvalue weighted by Crippen LogP contribution is 2.31. The number of anilines is 1. The van der Waals surface area contributed by atoms with Crippen LogP contribution in [0.4, 0.5) is 5.69 Å². The summed E-state index contributed by atoms with van der Waals surface area (Å²) >= 11 is 1.39. The van der Waals surface area contributed by atoms with Crippen LogP contribution >= 0.6 is 11.8 Å². The number of hydrogen-bond acceptors (Lipinski definition) is 5. The van der Waals surface area contributed by atoms with Crippen molar-refractivity contribution in [3.8, 4) is 17.1 Å². The molecule has 32 heavy (non-hydrogen) atoms. The summed E-state index contributed by atoms with van der Waals surface area (Å²) in [7, 11) is 0. The second-order valence-corrected chi connectivity index (χ2v) is 8.99. The molecule has 4 rings (SSSR count). The molecule has 0 saturated heterocycles. The van der Waals surface area contributed by atoms with Crippen LogP contribution in [0.15, 0.2) is 72.1 Å². The van der Waals surface area contributed by atoms with Gasteiger partial charge in [0.15, 0.2) is 11.0 Å². The molecule has 0 saturated carbocycles. The predicted molar refractivity (Wildman–Crippen MR) is 129 cm³/mol. The Morgan fingerprint density at radius 1 is 0.938 bits per heavy atom. The maximum absolute atomic E-state index is 13.0. The van der Waals surface area contributed by atoms with E-state index in [2.05, 4.69) is 20.5 Å². The van der Waals surface area contributed by atoms with Crippen LogP contribution in [0.2, 0.25) is 0 Å². The van der Waals surface area contributed by atoms with Gasteiger partial charge in [0.05, 0.1) is 10.9 Å². The van der Waals surface area contributed by atoms with Gasteiger partial charge in [0.25, 0.3) is 0 Å². The number of rotatable bonds is 6. The summed E-state index contributed by atoms with van der Waals surface area (Å²) in [5.41, 5.74) is 5.87. The predicted octanol–water partition coefficient (Wildman–Crippen LogP) is 5.37. The van der Waals surface area contributed by atoms with Crippen LogP contribution in [-0.4, -0.2) is 30.9 Å². The molecule has 0 spiro atoms. The standard InChI is InChI=1S/C25H25N5OS/c1-16-9-5-6-13-21(16)30-23(20-12-8-14-26-15-20)28-29-25(30)32-19(4)24(31)27-22-17(2)10-7-11-18(22)3/h5-15,19H,1-4H3,(H,27,31)/t19-/m1/s1. The lowest BCUT2D eigenvalue weighted by molar-refractivity contribution is -0.115. The maximum Gasteiger partial charge on any atom is 0.237 e. The van der Waals surface area contributed by atoms with Crippen LogP contribution in [0.1, 0.15) is 23.6 Å². The lowest BCUT2D eigenvalue weighted by Crippen LogP contribution is -2.23. The lowest BCUT2D eigenvalue weighted by atomic mass is 10.1. The Kier molecular flexibility index (Phi) is 6.37. The average Bonchev–Trinajstić information content (AvgIpc) is 3.20. The molecule has 0 unspecified atom stereocenters. The largest absolute Gasteiger partial charge is 0.325 e. The molecule has 2 heterocycles. The van der Waals surface area contributed by atoms with Gasteiger partial charge in [0, 0.05) is 23.6 Å². The van der Waals surface area contributed by atoms with Crippen LogP contribution in [0.5, 0.6) is 0 Å². The molecule has 0 aliphatic rings. The summed E-state index contributed by atoms with van der Waals surface area (Å²) in [5, 5.41) is 12.3. The molecule has 4 aromatic rings. The monoisotopic (exact) mass is 443 g/mol. The zero-order valence-electron chi connectivity index (χ0n) is 18.5. The fraction of sp³-hybridized carbons (Fsp3) is 0.200. The molecule has 2 aromatic carbocycles. The van der Waals surface area contributed by atoms with E-state index in [-0.39, 0.29) is 11.2 Å². The Hall–Kier alpha value is -3.45. The molecule has 1 amide bonds. The number of nitrogens with one attached hydrogen (secondary N) is 1. The zero-order chi connectivity index (χ0) is 22.7. The van der Waals surface area contributed by atoms with E-state index in [4.69, 9.17) is 0 Å². The highest BCUT2D eigenvalue weighted by atomic mass is 32.2. The third kappa shape index (κ3) is 4.43. The van der Waals surface area contributed by atoms with E-state index in [9.17, 15) is 4.79 Å². The summed E-state index contributed by atoms with van der Waals surface area (Å²) in [6, 6.07) is 17.9. The third-order valence-electron chi connectivity index (χ3n) is 5.29. The smallest absolute Gasteiger partial charge is 0.237 e. The van der Waals surface area contributed by atoms with Gasteiger partial charge in [-0.3, -0.25) is 14.3 Å². The van der Waals surface area contributed by atoms with Gasteiger partial charge < -0.3 is 5.32 Å². The van der Waals surface area contributed by atoms with Crippen LogP contribution in [0.25, 0.3) is 17.1 Å². The Bertz CT molecular complexity index is 1230. The van der Waals surface area contributed by atoms with Crippen molar-refractivity contribution < 1.29 is 4.79 Å². The van der Waals surface area contributed by atoms with E-state index < -0.39 is 0 Å². The molecular formula is C25H25N5OS. The molecule has 0 radical (unpaired) electrons. The van der Waals surface area contributed by atoms with Crippen molar-refractivity contribution in [2.24, 2.45) is 0 Å². The summed E-state index contributed by atoms with van der Waals surface area (Å²) in [5.74, 6) is 0.618. The molecule has 0 aliphatic carbocycles. The van der Waals surface area contributed by atoms with Gasteiger partial charge in [0.2, 0.25) is 5.91 Å². The number of amides is 1. The molecule has 7 heteroatoms. The summed E-state index contributed by atoms with van der Waals surface area (Å²) in [6.45, 7) is 7.92. The minimum Gasteiger partial charge on any atom is -0.325 e. The molecule has 1 atom stereocenters. The van der Waals surface area contributed by atoms with Gasteiger partial charge in [-0.1, -0.05) is 48.2 Å². The van der Waals surface area contributed by atoms with Crippen molar-refractivity contribution in [1.82, 2.24) is 19.7 Å². The number of carbonyl (C=O) groups excluding carboxylic acids is 1. The second-order valence-electron chi connectivity index (χ2n) is 7.69. The molecular weight excluding hydrogens is 418 g/mol. The minimum atomic E-state index is -0.372. The van der Waals surface area contributed by atoms with Crippen molar-refractivity contribution in [1.29, 1.82) is 0 Å². The first-order valence-corrected chi connectivity index (χ1v) is 11.3. The zero-order valence-corrected chi connectivity index (χ0v) is 19.4. The van der Waals surface area contributed by atoms with Gasteiger partial charge in [-0.05, 0) is 62.6 Å². The first-order chi connectivity index (χ1) is 15.5. The van der Waals surface area contributed by atoms with Crippen molar-refractivity contribution in [2.45, 2.75) is 38.1 Å². The summed E-state index contributed by atoms with van der Waals surface area (Å²) < 4.78 is 2.00. The van der Waals surface area contributed by atoms with E-state index >= 15 is 0 Å². The third-order valence-corrected chi connectivity index (χ3v) is 6.33. The fourth-order valence-corrected chi connectivity index (χ4v) is 4.37. The van der Waals surface area contributed by atoms with E-state index in [1.165, 1.54) is 11.8 Å². The molecule has 6 nitrogen and oxygen atoms in total. The SMILES string of the molecule is Cc1ccccc1-n1c(S[C@H](C)C(=O)Nc2c(C)cccc2C)nnc1-c1cccnc1. The lowest BCUT2D eigenvalue weighted by Gasteiger charge is -2.17. The molecule has 0 aliphatic heterocycles. The average molecular weight is 444 g/mol. The van der Waals surface area contributed by atoms with E-state index in [0.29, 0.717) is 11.0 Å². The van der Waals surface area contributed by atoms with Crippen LogP contribution in [-0.2, 0) is 4.79 Å². The van der Waals surface area contributed by atoms with Crippen LogP contribution in [0, 0.1) is 20.8 Å². The molecule has 162 valence electrons. The number of benzene rings is 2. The van der Waals surface area contributed by atoms with E-state index in [0.717, 1.165) is 33.6 Å². The first kappa shape index (κ1) is 21.8. The minimum absolute atomic E-state index is 0.0744. The normalized spacial score (nSPS) is 11.9. The van der Waals surface area contributed by atoms with Crippen molar-refractivity contribution >= 4 is 23.4 Å². The van der Waals surface area contributed by atoms with Crippen molar-refractivity contribution in [3.05, 3.63) is 83.7 Å². The fourth-order valence-electron chi connectivity index (χ4n) is 3.51. The number of thioether (sulfide) groups is 1. The van der Waals surface area contributed by atoms with Crippen LogP contribution in [0.3, 0.4) is 0 Å². The molecule has 2 aromatic heterocycles. The van der Waals surface area contributed by atoms with Gasteiger partial charge in [-0.15, -0.1) is 10.2 Å². The van der Waals surface area contributed by atoms with E-state index in [1.54, 1.807) is 12.4 Å². The Morgan fingerprint density at radius 3 is 2.34 bits per heavy atom. The number of aryl methyl sites for hydroxylation is 3. The van der Waals surface area contributed by atoms with Gasteiger partial charge in [-0.2, -0.15) is 0 Å². The summed E-state index contributed by atoms with van der Waals surface area (Å²) in [6.07, 6.45) is 3.50. The quantitative estimate of drug-likeness (QED) is 0.405. The summed E-state index contributed by atoms with van der Waals surface area (Å²) in [4.78, 5) is 17.2. The topological polar surface area (TPSA) is 72.7 Å². The Morgan fingerprint density at radius 2 is 1.66 bits per heavy atom. The molecule has 0 fully saturated rings.